The minimum atomic E-state index is -1.31. The zero-order chi connectivity index (χ0) is 17.7. The standard InChI is InChI=1S/C18H19NO4S/c1-12-7-6-8-13(2)17(12)19-16(20)11-23-18(21)14-9-4-5-10-15(14)24(3)22/h4-10H,11H2,1-3H3,(H,19,20)/t24-/m1/s1. The average Bonchev–Trinajstić information content (AvgIpc) is 2.56. The van der Waals surface area contributed by atoms with E-state index >= 15 is 0 Å². The summed E-state index contributed by atoms with van der Waals surface area (Å²) in [5.41, 5.74) is 2.79. The van der Waals surface area contributed by atoms with Gasteiger partial charge in [0, 0.05) is 11.9 Å². The maximum atomic E-state index is 12.1. The number of hydrogen-bond acceptors (Lipinski definition) is 4. The van der Waals surface area contributed by atoms with Crippen molar-refractivity contribution in [2.75, 3.05) is 18.2 Å². The normalized spacial score (nSPS) is 11.6. The predicted molar refractivity (Wildman–Crippen MR) is 93.6 cm³/mol. The van der Waals surface area contributed by atoms with Gasteiger partial charge in [0.05, 0.1) is 21.3 Å². The minimum absolute atomic E-state index is 0.207. The van der Waals surface area contributed by atoms with E-state index in [1.165, 1.54) is 12.3 Å². The summed E-state index contributed by atoms with van der Waals surface area (Å²) in [6, 6.07) is 12.2. The van der Waals surface area contributed by atoms with E-state index in [-0.39, 0.29) is 5.56 Å². The SMILES string of the molecule is Cc1cccc(C)c1NC(=O)COC(=O)c1ccccc1[S@@](C)=O. The Kier molecular flexibility index (Phi) is 5.87. The van der Waals surface area contributed by atoms with Crippen molar-refractivity contribution in [2.24, 2.45) is 0 Å². The second-order valence-corrected chi connectivity index (χ2v) is 6.69. The van der Waals surface area contributed by atoms with E-state index in [2.05, 4.69) is 5.32 Å². The molecular weight excluding hydrogens is 326 g/mol. The number of amides is 1. The largest absolute Gasteiger partial charge is 0.452 e. The summed E-state index contributed by atoms with van der Waals surface area (Å²) >= 11 is 0. The molecule has 0 fully saturated rings. The molecule has 0 saturated heterocycles. The molecule has 2 aromatic carbocycles. The van der Waals surface area contributed by atoms with E-state index in [0.29, 0.717) is 10.6 Å². The second-order valence-electron chi connectivity index (χ2n) is 5.34. The highest BCUT2D eigenvalue weighted by molar-refractivity contribution is 7.84. The Hall–Kier alpha value is -2.47. The number of nitrogens with one attached hydrogen (secondary N) is 1. The van der Waals surface area contributed by atoms with Crippen molar-refractivity contribution < 1.29 is 18.5 Å². The number of benzene rings is 2. The molecule has 24 heavy (non-hydrogen) atoms. The first-order chi connectivity index (χ1) is 11.4. The zero-order valence-electron chi connectivity index (χ0n) is 13.8. The smallest absolute Gasteiger partial charge is 0.339 e. The number of hydrogen-bond donors (Lipinski definition) is 1. The van der Waals surface area contributed by atoms with E-state index in [0.717, 1.165) is 11.1 Å². The molecule has 0 aromatic heterocycles. The molecule has 126 valence electrons. The lowest BCUT2D eigenvalue weighted by atomic mass is 10.1. The minimum Gasteiger partial charge on any atom is -0.452 e. The molecule has 0 saturated carbocycles. The van der Waals surface area contributed by atoms with Crippen molar-refractivity contribution in [1.29, 1.82) is 0 Å². The molecule has 5 nitrogen and oxygen atoms in total. The van der Waals surface area contributed by atoms with Crippen molar-refractivity contribution >= 4 is 28.4 Å². The van der Waals surface area contributed by atoms with Crippen LogP contribution in [0.15, 0.2) is 47.4 Å². The number of ether oxygens (including phenoxy) is 1. The maximum absolute atomic E-state index is 12.1. The van der Waals surface area contributed by atoms with Crippen LogP contribution >= 0.6 is 0 Å². The molecule has 6 heteroatoms. The lowest BCUT2D eigenvalue weighted by molar-refractivity contribution is -0.119. The number of rotatable bonds is 5. The molecule has 0 aliphatic heterocycles. The Morgan fingerprint density at radius 3 is 2.29 bits per heavy atom. The Balaban J connectivity index is 2.02. The lowest BCUT2D eigenvalue weighted by Gasteiger charge is -2.12. The maximum Gasteiger partial charge on any atom is 0.339 e. The predicted octanol–water partition coefficient (Wildman–Crippen LogP) is 2.84. The van der Waals surface area contributed by atoms with Crippen LogP contribution in [0.3, 0.4) is 0 Å². The summed E-state index contributed by atoms with van der Waals surface area (Å²) in [5, 5.41) is 2.75. The van der Waals surface area contributed by atoms with Gasteiger partial charge in [-0.1, -0.05) is 30.3 Å². The first-order valence-electron chi connectivity index (χ1n) is 7.36. The van der Waals surface area contributed by atoms with Crippen LogP contribution < -0.4 is 5.32 Å². The van der Waals surface area contributed by atoms with Gasteiger partial charge in [-0.25, -0.2) is 4.79 Å². The van der Waals surface area contributed by atoms with Crippen molar-refractivity contribution in [2.45, 2.75) is 18.7 Å². The van der Waals surface area contributed by atoms with Crippen molar-refractivity contribution in [3.05, 3.63) is 59.2 Å². The molecule has 1 amide bonds. The highest BCUT2D eigenvalue weighted by Gasteiger charge is 2.16. The van der Waals surface area contributed by atoms with Crippen LogP contribution in [0.25, 0.3) is 0 Å². The van der Waals surface area contributed by atoms with E-state index in [9.17, 15) is 13.8 Å². The first-order valence-corrected chi connectivity index (χ1v) is 8.91. The third-order valence-corrected chi connectivity index (χ3v) is 4.47. The van der Waals surface area contributed by atoms with E-state index in [1.54, 1.807) is 18.2 Å². The van der Waals surface area contributed by atoms with Crippen molar-refractivity contribution in [1.82, 2.24) is 0 Å². The fourth-order valence-electron chi connectivity index (χ4n) is 2.28. The Bertz CT molecular complexity index is 781. The summed E-state index contributed by atoms with van der Waals surface area (Å²) in [6.07, 6.45) is 1.49. The van der Waals surface area contributed by atoms with Crippen LogP contribution in [0.4, 0.5) is 5.69 Å². The Morgan fingerprint density at radius 1 is 1.04 bits per heavy atom. The molecule has 0 heterocycles. The topological polar surface area (TPSA) is 72.5 Å². The van der Waals surface area contributed by atoms with Crippen molar-refractivity contribution in [3.63, 3.8) is 0 Å². The molecular formula is C18H19NO4S. The summed E-state index contributed by atoms with van der Waals surface area (Å²) < 4.78 is 16.7. The van der Waals surface area contributed by atoms with Gasteiger partial charge in [0.25, 0.3) is 5.91 Å². The lowest BCUT2D eigenvalue weighted by Crippen LogP contribution is -2.22. The Labute approximate surface area is 143 Å². The van der Waals surface area contributed by atoms with Crippen LogP contribution in [0.5, 0.6) is 0 Å². The summed E-state index contributed by atoms with van der Waals surface area (Å²) in [6.45, 7) is 3.38. The van der Waals surface area contributed by atoms with Crippen LogP contribution in [0.1, 0.15) is 21.5 Å². The second kappa shape index (κ2) is 7.88. The van der Waals surface area contributed by atoms with E-state index in [1.807, 2.05) is 32.0 Å². The van der Waals surface area contributed by atoms with Crippen LogP contribution in [-0.4, -0.2) is 28.9 Å². The van der Waals surface area contributed by atoms with Gasteiger partial charge in [-0.15, -0.1) is 0 Å². The molecule has 1 N–H and O–H groups in total. The number of anilines is 1. The number of esters is 1. The molecule has 0 aliphatic rings. The molecule has 0 bridgehead atoms. The van der Waals surface area contributed by atoms with Gasteiger partial charge >= 0.3 is 5.97 Å². The number of para-hydroxylation sites is 1. The number of carbonyl (C=O) groups is 2. The van der Waals surface area contributed by atoms with Crippen LogP contribution in [0.2, 0.25) is 0 Å². The molecule has 0 aliphatic carbocycles. The fourth-order valence-corrected chi connectivity index (χ4v) is 3.01. The van der Waals surface area contributed by atoms with Gasteiger partial charge in [0.2, 0.25) is 0 Å². The fraction of sp³-hybridized carbons (Fsp3) is 0.222. The number of carbonyl (C=O) groups excluding carboxylic acids is 2. The van der Waals surface area contributed by atoms with Crippen LogP contribution in [0, 0.1) is 13.8 Å². The molecule has 1 atom stereocenters. The molecule has 2 rings (SSSR count). The van der Waals surface area contributed by atoms with Gasteiger partial charge < -0.3 is 10.1 Å². The average molecular weight is 345 g/mol. The van der Waals surface area contributed by atoms with Gasteiger partial charge in [-0.05, 0) is 37.1 Å². The van der Waals surface area contributed by atoms with E-state index < -0.39 is 29.3 Å². The first kappa shape index (κ1) is 17.9. The molecule has 2 aromatic rings. The number of aryl methyl sites for hydroxylation is 2. The molecule has 0 spiro atoms. The summed E-state index contributed by atoms with van der Waals surface area (Å²) in [5.74, 6) is -1.09. The van der Waals surface area contributed by atoms with Crippen molar-refractivity contribution in [3.8, 4) is 0 Å². The van der Waals surface area contributed by atoms with Gasteiger partial charge in [0.15, 0.2) is 6.61 Å². The molecule has 0 radical (unpaired) electrons. The highest BCUT2D eigenvalue weighted by atomic mass is 32.2. The third-order valence-electron chi connectivity index (χ3n) is 3.50. The summed E-state index contributed by atoms with van der Waals surface area (Å²) in [7, 11) is -1.31. The third kappa shape index (κ3) is 4.29. The molecule has 0 unspecified atom stereocenters. The summed E-state index contributed by atoms with van der Waals surface area (Å²) in [4.78, 5) is 24.5. The Morgan fingerprint density at radius 2 is 1.67 bits per heavy atom. The van der Waals surface area contributed by atoms with E-state index in [4.69, 9.17) is 4.74 Å². The van der Waals surface area contributed by atoms with Crippen LogP contribution in [-0.2, 0) is 20.3 Å². The zero-order valence-corrected chi connectivity index (χ0v) is 14.6. The van der Waals surface area contributed by atoms with Gasteiger partial charge in [0.1, 0.15) is 0 Å². The van der Waals surface area contributed by atoms with Gasteiger partial charge in [-0.2, -0.15) is 0 Å². The quantitative estimate of drug-likeness (QED) is 0.846. The highest BCUT2D eigenvalue weighted by Crippen LogP contribution is 2.19. The monoisotopic (exact) mass is 345 g/mol. The van der Waals surface area contributed by atoms with Gasteiger partial charge in [-0.3, -0.25) is 9.00 Å².